The Morgan fingerprint density at radius 3 is 2.73 bits per heavy atom. The van der Waals surface area contributed by atoms with Gasteiger partial charge in [-0.2, -0.15) is 4.39 Å². The Labute approximate surface area is 208 Å². The number of ether oxygens (including phenoxy) is 1. The van der Waals surface area contributed by atoms with Crippen LogP contribution in [0.1, 0.15) is 48.0 Å². The van der Waals surface area contributed by atoms with E-state index in [2.05, 4.69) is 30.9 Å². The van der Waals surface area contributed by atoms with Crippen LogP contribution in [0, 0.1) is 11.8 Å². The van der Waals surface area contributed by atoms with Crippen molar-refractivity contribution in [1.82, 2.24) is 25.0 Å². The summed E-state index contributed by atoms with van der Waals surface area (Å²) in [6.07, 6.45) is 3.87. The molecule has 1 fully saturated rings. The second kappa shape index (κ2) is 9.72. The number of rotatable bonds is 7. The number of anilines is 2. The summed E-state index contributed by atoms with van der Waals surface area (Å²) in [5.74, 6) is -1.80. The van der Waals surface area contributed by atoms with Gasteiger partial charge < -0.3 is 10.1 Å². The molecule has 2 N–H and O–H groups in total. The third-order valence-corrected chi connectivity index (χ3v) is 5.57. The van der Waals surface area contributed by atoms with Crippen LogP contribution in [-0.4, -0.2) is 37.0 Å². The van der Waals surface area contributed by atoms with Gasteiger partial charge in [-0.05, 0) is 29.9 Å². The van der Waals surface area contributed by atoms with Crippen LogP contribution in [0.2, 0.25) is 0 Å². The van der Waals surface area contributed by atoms with Crippen LogP contribution in [0.4, 0.5) is 25.1 Å². The molecule has 0 aromatic carbocycles. The first-order valence-electron chi connectivity index (χ1n) is 11.3. The maximum atomic E-state index is 13.9. The van der Waals surface area contributed by atoms with Gasteiger partial charge in [-0.15, -0.1) is 5.10 Å². The molecule has 14 heteroatoms. The Balaban J connectivity index is 1.25. The Hall–Kier alpha value is -4.75. The van der Waals surface area contributed by atoms with E-state index in [-0.39, 0.29) is 22.8 Å². The summed E-state index contributed by atoms with van der Waals surface area (Å²) >= 11 is 0. The number of nitrogens with zero attached hydrogens (tertiary/aromatic N) is 6. The third kappa shape index (κ3) is 5.27. The van der Waals surface area contributed by atoms with Gasteiger partial charge in [0.05, 0.1) is 35.4 Å². The van der Waals surface area contributed by atoms with Gasteiger partial charge in [0.25, 0.3) is 11.7 Å². The van der Waals surface area contributed by atoms with Crippen LogP contribution >= 0.6 is 0 Å². The highest BCUT2D eigenvalue weighted by molar-refractivity contribution is 6.02. The van der Waals surface area contributed by atoms with E-state index in [0.717, 1.165) is 25.1 Å². The SMILES string of the molecule is C[C@@H](OC(=O)Nc1c(-c2ccc(NC(=O)c3cc[n+](C4CC4)o3)cn2)nnn1C)c1cc(F)cnc1F. The number of carbonyl (C=O) groups is 2. The average Bonchev–Trinajstić information content (AvgIpc) is 3.50. The minimum absolute atomic E-state index is 0.152. The van der Waals surface area contributed by atoms with Crippen molar-refractivity contribution < 1.29 is 32.4 Å². The molecular weight excluding hydrogens is 490 g/mol. The Morgan fingerprint density at radius 1 is 1.19 bits per heavy atom. The first-order chi connectivity index (χ1) is 17.8. The zero-order valence-electron chi connectivity index (χ0n) is 19.7. The molecular formula is C23H21F2N8O4+. The first-order valence-corrected chi connectivity index (χ1v) is 11.3. The van der Waals surface area contributed by atoms with Gasteiger partial charge in [-0.3, -0.25) is 15.1 Å². The molecule has 0 bridgehead atoms. The number of hydrogen-bond donors (Lipinski definition) is 2. The molecule has 4 aromatic rings. The zero-order valence-corrected chi connectivity index (χ0v) is 19.7. The number of aryl methyl sites for hydroxylation is 1. The molecule has 1 atom stereocenters. The number of nitrogens with one attached hydrogen (secondary N) is 2. The van der Waals surface area contributed by atoms with E-state index >= 15 is 0 Å². The lowest BCUT2D eigenvalue weighted by atomic mass is 10.2. The number of halogens is 2. The molecule has 0 spiro atoms. The molecule has 190 valence electrons. The normalized spacial score (nSPS) is 13.7. The van der Waals surface area contributed by atoms with Crippen LogP contribution in [-0.2, 0) is 11.8 Å². The van der Waals surface area contributed by atoms with Gasteiger partial charge in [-0.1, -0.05) is 5.21 Å². The largest absolute Gasteiger partial charge is 0.441 e. The highest BCUT2D eigenvalue weighted by atomic mass is 19.1. The molecule has 4 aromatic heterocycles. The van der Waals surface area contributed by atoms with Gasteiger partial charge in [-0.25, -0.2) is 23.4 Å². The third-order valence-electron chi connectivity index (χ3n) is 5.57. The zero-order chi connectivity index (χ0) is 26.1. The number of hydrogen-bond acceptors (Lipinski definition) is 8. The Kier molecular flexibility index (Phi) is 6.29. The van der Waals surface area contributed by atoms with Crippen LogP contribution in [0.3, 0.4) is 0 Å². The van der Waals surface area contributed by atoms with Crippen molar-refractivity contribution in [2.75, 3.05) is 10.6 Å². The number of amides is 2. The van der Waals surface area contributed by atoms with Crippen LogP contribution in [0.5, 0.6) is 0 Å². The summed E-state index contributed by atoms with van der Waals surface area (Å²) in [6.45, 7) is 1.38. The summed E-state index contributed by atoms with van der Waals surface area (Å²) in [7, 11) is 1.54. The van der Waals surface area contributed by atoms with E-state index in [9.17, 15) is 18.4 Å². The van der Waals surface area contributed by atoms with E-state index < -0.39 is 29.9 Å². The lowest BCUT2D eigenvalue weighted by Crippen LogP contribution is -2.28. The molecule has 12 nitrogen and oxygen atoms in total. The molecule has 1 aliphatic carbocycles. The van der Waals surface area contributed by atoms with Crippen molar-refractivity contribution in [3.05, 3.63) is 65.9 Å². The van der Waals surface area contributed by atoms with Crippen molar-refractivity contribution in [3.8, 4) is 11.4 Å². The smallest absolute Gasteiger partial charge is 0.413 e. The second-order valence-electron chi connectivity index (χ2n) is 8.36. The number of aromatic nitrogens is 6. The van der Waals surface area contributed by atoms with Gasteiger partial charge in [0, 0.05) is 19.9 Å². The predicted octanol–water partition coefficient (Wildman–Crippen LogP) is 3.33. The maximum Gasteiger partial charge on any atom is 0.413 e. The number of pyridine rings is 2. The minimum atomic E-state index is -1.12. The molecule has 37 heavy (non-hydrogen) atoms. The van der Waals surface area contributed by atoms with Crippen molar-refractivity contribution in [3.63, 3.8) is 0 Å². The molecule has 4 heterocycles. The standard InChI is InChI=1S/C23H20F2N8O4/c1-12(16-9-13(24)10-27-20(16)25)36-23(35)29-21-19(30-31-32(21)2)17-6-3-14(11-26-17)28-22(34)18-7-8-33(37-18)15-4-5-15/h3,6-12,15,34H,4-5H2,1-2H3/p+1/t12-/m1/s1. The summed E-state index contributed by atoms with van der Waals surface area (Å²) < 4.78 is 41.0. The lowest BCUT2D eigenvalue weighted by molar-refractivity contribution is -0.867. The molecule has 1 aliphatic rings. The minimum Gasteiger partial charge on any atom is -0.441 e. The van der Waals surface area contributed by atoms with E-state index in [1.165, 1.54) is 24.9 Å². The van der Waals surface area contributed by atoms with Gasteiger partial charge >= 0.3 is 6.09 Å². The van der Waals surface area contributed by atoms with Crippen molar-refractivity contribution in [2.45, 2.75) is 31.9 Å². The summed E-state index contributed by atoms with van der Waals surface area (Å²) in [4.78, 5) is 32.5. The van der Waals surface area contributed by atoms with E-state index in [1.54, 1.807) is 29.1 Å². The summed E-state index contributed by atoms with van der Waals surface area (Å²) in [5.41, 5.74) is 0.773. The molecule has 0 radical (unpaired) electrons. The van der Waals surface area contributed by atoms with Crippen LogP contribution in [0.25, 0.3) is 11.4 Å². The molecule has 2 amide bonds. The van der Waals surface area contributed by atoms with Crippen LogP contribution in [0.15, 0.2) is 47.4 Å². The molecule has 0 saturated heterocycles. The lowest BCUT2D eigenvalue weighted by Gasteiger charge is -2.15. The molecule has 1 saturated carbocycles. The average molecular weight is 511 g/mol. The van der Waals surface area contributed by atoms with Crippen LogP contribution < -0.4 is 15.4 Å². The van der Waals surface area contributed by atoms with Gasteiger partial charge in [0.2, 0.25) is 18.2 Å². The highest BCUT2D eigenvalue weighted by Crippen LogP contribution is 2.29. The Morgan fingerprint density at radius 2 is 2.00 bits per heavy atom. The van der Waals surface area contributed by atoms with E-state index in [4.69, 9.17) is 9.26 Å². The monoisotopic (exact) mass is 511 g/mol. The summed E-state index contributed by atoms with van der Waals surface area (Å²) in [5, 5.41) is 13.1. The topological polar surface area (TPSA) is 141 Å². The van der Waals surface area contributed by atoms with E-state index in [1.807, 2.05) is 0 Å². The maximum absolute atomic E-state index is 13.9. The second-order valence-corrected chi connectivity index (χ2v) is 8.36. The van der Waals surface area contributed by atoms with Crippen molar-refractivity contribution in [2.24, 2.45) is 7.05 Å². The van der Waals surface area contributed by atoms with Crippen molar-refractivity contribution >= 4 is 23.5 Å². The number of carbonyl (C=O) groups excluding carboxylic acids is 2. The van der Waals surface area contributed by atoms with Gasteiger partial charge in [0.15, 0.2) is 11.5 Å². The fourth-order valence-corrected chi connectivity index (χ4v) is 3.50. The Bertz CT molecular complexity index is 1470. The van der Waals surface area contributed by atoms with Crippen molar-refractivity contribution in [1.29, 1.82) is 0 Å². The quantitative estimate of drug-likeness (QED) is 0.284. The molecule has 0 unspecified atom stereocenters. The first kappa shape index (κ1) is 24.0. The van der Waals surface area contributed by atoms with Gasteiger partial charge in [0.1, 0.15) is 11.9 Å². The highest BCUT2D eigenvalue weighted by Gasteiger charge is 2.36. The fraction of sp³-hybridized carbons (Fsp3) is 0.261. The molecule has 5 rings (SSSR count). The van der Waals surface area contributed by atoms with E-state index in [0.29, 0.717) is 17.4 Å². The summed E-state index contributed by atoms with van der Waals surface area (Å²) in [6, 6.07) is 6.01. The predicted molar refractivity (Wildman–Crippen MR) is 122 cm³/mol. The molecule has 0 aliphatic heterocycles. The fourth-order valence-electron chi connectivity index (χ4n) is 3.50.